The van der Waals surface area contributed by atoms with Crippen LogP contribution in [-0.4, -0.2) is 15.7 Å². The summed E-state index contributed by atoms with van der Waals surface area (Å²) in [5.41, 5.74) is 1.63. The van der Waals surface area contributed by atoms with Crippen LogP contribution < -0.4 is 5.32 Å². The van der Waals surface area contributed by atoms with E-state index in [1.54, 1.807) is 23.0 Å². The molecule has 1 heterocycles. The normalized spacial score (nSPS) is 10.9. The van der Waals surface area contributed by atoms with E-state index in [2.05, 4.69) is 10.4 Å². The van der Waals surface area contributed by atoms with E-state index in [1.807, 2.05) is 18.2 Å². The van der Waals surface area contributed by atoms with Gasteiger partial charge in [-0.3, -0.25) is 9.48 Å². The minimum Gasteiger partial charge on any atom is -0.352 e. The van der Waals surface area contributed by atoms with E-state index in [9.17, 15) is 9.18 Å². The monoisotopic (exact) mass is 331 g/mol. The second kappa shape index (κ2) is 6.79. The molecule has 2 aromatic carbocycles. The molecular weight excluding hydrogens is 317 g/mol. The van der Waals surface area contributed by atoms with E-state index in [4.69, 9.17) is 11.6 Å². The number of halogens is 2. The first-order valence-corrected chi connectivity index (χ1v) is 7.62. The summed E-state index contributed by atoms with van der Waals surface area (Å²) >= 11 is 6.10. The van der Waals surface area contributed by atoms with Gasteiger partial charge < -0.3 is 5.32 Å². The van der Waals surface area contributed by atoms with Crippen molar-refractivity contribution in [3.8, 4) is 0 Å². The molecule has 1 amide bonds. The number of amides is 1. The topological polar surface area (TPSA) is 46.9 Å². The summed E-state index contributed by atoms with van der Waals surface area (Å²) in [4.78, 5) is 11.9. The molecule has 1 aromatic heterocycles. The van der Waals surface area contributed by atoms with Crippen molar-refractivity contribution in [3.63, 3.8) is 0 Å². The van der Waals surface area contributed by atoms with Gasteiger partial charge in [-0.05, 0) is 29.8 Å². The van der Waals surface area contributed by atoms with Crippen molar-refractivity contribution < 1.29 is 9.18 Å². The average molecular weight is 332 g/mol. The predicted molar refractivity (Wildman–Crippen MR) is 87.6 cm³/mol. The van der Waals surface area contributed by atoms with Crippen LogP contribution in [0.25, 0.3) is 10.9 Å². The van der Waals surface area contributed by atoms with Gasteiger partial charge in [-0.1, -0.05) is 29.8 Å². The highest BCUT2D eigenvalue weighted by molar-refractivity contribution is 6.35. The van der Waals surface area contributed by atoms with Gasteiger partial charge in [0.1, 0.15) is 5.82 Å². The second-order valence-electron chi connectivity index (χ2n) is 5.20. The van der Waals surface area contributed by atoms with E-state index >= 15 is 0 Å². The molecule has 0 unspecified atom stereocenters. The van der Waals surface area contributed by atoms with Crippen LogP contribution in [-0.2, 0) is 17.9 Å². The number of hydrogen-bond donors (Lipinski definition) is 1. The largest absolute Gasteiger partial charge is 0.352 e. The lowest BCUT2D eigenvalue weighted by atomic mass is 10.2. The summed E-state index contributed by atoms with van der Waals surface area (Å²) in [5.74, 6) is -0.420. The number of hydrogen-bond acceptors (Lipinski definition) is 2. The highest BCUT2D eigenvalue weighted by Crippen LogP contribution is 2.22. The lowest BCUT2D eigenvalue weighted by Gasteiger charge is -2.07. The Labute approximate surface area is 137 Å². The molecule has 0 bridgehead atoms. The smallest absolute Gasteiger partial charge is 0.222 e. The van der Waals surface area contributed by atoms with Crippen molar-refractivity contribution in [3.05, 3.63) is 65.1 Å². The lowest BCUT2D eigenvalue weighted by Crippen LogP contribution is -2.24. The fourth-order valence-corrected chi connectivity index (χ4v) is 2.61. The molecule has 4 nitrogen and oxygen atoms in total. The van der Waals surface area contributed by atoms with E-state index in [1.165, 1.54) is 12.1 Å². The Kier molecular flexibility index (Phi) is 4.57. The first kappa shape index (κ1) is 15.5. The number of carbonyl (C=O) groups is 1. The maximum absolute atomic E-state index is 13.1. The Morgan fingerprint density at radius 1 is 1.26 bits per heavy atom. The number of benzene rings is 2. The van der Waals surface area contributed by atoms with Crippen LogP contribution in [0.2, 0.25) is 5.02 Å². The molecule has 0 fully saturated rings. The molecule has 0 spiro atoms. The zero-order chi connectivity index (χ0) is 16.2. The Bertz CT molecular complexity index is 847. The van der Waals surface area contributed by atoms with Crippen LogP contribution in [0.15, 0.2) is 48.7 Å². The van der Waals surface area contributed by atoms with Crippen LogP contribution in [0.5, 0.6) is 0 Å². The van der Waals surface area contributed by atoms with Gasteiger partial charge in [-0.25, -0.2) is 4.39 Å². The van der Waals surface area contributed by atoms with Crippen LogP contribution in [0.3, 0.4) is 0 Å². The summed E-state index contributed by atoms with van der Waals surface area (Å²) in [7, 11) is 0. The van der Waals surface area contributed by atoms with E-state index < -0.39 is 0 Å². The molecule has 6 heteroatoms. The van der Waals surface area contributed by atoms with Gasteiger partial charge in [-0.15, -0.1) is 0 Å². The molecule has 0 aliphatic carbocycles. The van der Waals surface area contributed by atoms with Crippen molar-refractivity contribution >= 4 is 28.4 Å². The Morgan fingerprint density at radius 2 is 2.09 bits per heavy atom. The number of fused-ring (bicyclic) bond motifs is 1. The van der Waals surface area contributed by atoms with Crippen molar-refractivity contribution in [2.24, 2.45) is 0 Å². The molecule has 0 saturated heterocycles. The number of aryl methyl sites for hydroxylation is 1. The van der Waals surface area contributed by atoms with Gasteiger partial charge in [0, 0.05) is 18.4 Å². The highest BCUT2D eigenvalue weighted by atomic mass is 35.5. The zero-order valence-electron chi connectivity index (χ0n) is 12.3. The molecule has 3 rings (SSSR count). The maximum Gasteiger partial charge on any atom is 0.222 e. The summed E-state index contributed by atoms with van der Waals surface area (Å²) in [6, 6.07) is 11.7. The van der Waals surface area contributed by atoms with Crippen LogP contribution in [0.4, 0.5) is 4.39 Å². The summed E-state index contributed by atoms with van der Waals surface area (Å²) in [6.07, 6.45) is 1.99. The molecule has 0 aliphatic rings. The number of rotatable bonds is 5. The van der Waals surface area contributed by atoms with Crippen LogP contribution in [0, 0.1) is 5.82 Å². The molecular formula is C17H15ClFN3O. The van der Waals surface area contributed by atoms with Gasteiger partial charge in [0.2, 0.25) is 5.91 Å². The third kappa shape index (κ3) is 3.68. The maximum atomic E-state index is 13.1. The number of nitrogens with zero attached hydrogens (tertiary/aromatic N) is 2. The van der Waals surface area contributed by atoms with Crippen molar-refractivity contribution in [2.75, 3.05) is 0 Å². The third-order valence-corrected chi connectivity index (χ3v) is 3.89. The average Bonchev–Trinajstić information content (AvgIpc) is 2.96. The van der Waals surface area contributed by atoms with Gasteiger partial charge in [0.05, 0.1) is 23.3 Å². The third-order valence-electron chi connectivity index (χ3n) is 3.56. The quantitative estimate of drug-likeness (QED) is 0.777. The summed E-state index contributed by atoms with van der Waals surface area (Å²) in [5, 5.41) is 8.55. The molecule has 0 saturated carbocycles. The van der Waals surface area contributed by atoms with E-state index in [0.29, 0.717) is 24.5 Å². The summed E-state index contributed by atoms with van der Waals surface area (Å²) in [6.45, 7) is 0.765. The van der Waals surface area contributed by atoms with Crippen molar-refractivity contribution in [1.82, 2.24) is 15.1 Å². The van der Waals surface area contributed by atoms with E-state index in [-0.39, 0.29) is 11.7 Å². The number of carbonyl (C=O) groups excluding carboxylic acids is 1. The van der Waals surface area contributed by atoms with Crippen molar-refractivity contribution in [2.45, 2.75) is 19.5 Å². The lowest BCUT2D eigenvalue weighted by molar-refractivity contribution is -0.121. The highest BCUT2D eigenvalue weighted by Gasteiger charge is 2.08. The van der Waals surface area contributed by atoms with Crippen LogP contribution >= 0.6 is 11.6 Å². The number of nitrogens with one attached hydrogen (secondary N) is 1. The standard InChI is InChI=1S/C17H15ClFN3O/c18-15-5-2-6-16-14(15)11-21-22(16)8-7-17(23)20-10-12-3-1-4-13(19)9-12/h1-6,9,11H,7-8,10H2,(H,20,23). The first-order valence-electron chi connectivity index (χ1n) is 7.24. The minimum absolute atomic E-state index is 0.111. The molecule has 118 valence electrons. The predicted octanol–water partition coefficient (Wildman–Crippen LogP) is 3.54. The minimum atomic E-state index is -0.309. The molecule has 1 N–H and O–H groups in total. The van der Waals surface area contributed by atoms with Crippen molar-refractivity contribution in [1.29, 1.82) is 0 Å². The summed E-state index contributed by atoms with van der Waals surface area (Å²) < 4.78 is 14.8. The second-order valence-corrected chi connectivity index (χ2v) is 5.60. The van der Waals surface area contributed by atoms with Gasteiger partial charge >= 0.3 is 0 Å². The molecule has 0 radical (unpaired) electrons. The molecule has 0 aliphatic heterocycles. The Hall–Kier alpha value is -2.40. The van der Waals surface area contributed by atoms with E-state index in [0.717, 1.165) is 16.5 Å². The zero-order valence-corrected chi connectivity index (χ0v) is 13.1. The Morgan fingerprint density at radius 3 is 2.91 bits per heavy atom. The van der Waals surface area contributed by atoms with Gasteiger partial charge in [0.15, 0.2) is 0 Å². The fourth-order valence-electron chi connectivity index (χ4n) is 2.39. The Balaban J connectivity index is 1.57. The van der Waals surface area contributed by atoms with Gasteiger partial charge in [0.25, 0.3) is 0 Å². The number of aromatic nitrogens is 2. The molecule has 3 aromatic rings. The van der Waals surface area contributed by atoms with Gasteiger partial charge in [-0.2, -0.15) is 5.10 Å². The SMILES string of the molecule is O=C(CCn1ncc2c(Cl)cccc21)NCc1cccc(F)c1. The molecule has 23 heavy (non-hydrogen) atoms. The fraction of sp³-hybridized carbons (Fsp3) is 0.176. The first-order chi connectivity index (χ1) is 11.1. The molecule has 0 atom stereocenters. The van der Waals surface area contributed by atoms with Crippen LogP contribution in [0.1, 0.15) is 12.0 Å².